The highest BCUT2D eigenvalue weighted by atomic mass is 19.1. The van der Waals surface area contributed by atoms with Crippen LogP contribution in [0.3, 0.4) is 0 Å². The Morgan fingerprint density at radius 1 is 1.26 bits per heavy atom. The third kappa shape index (κ3) is 3.36. The molecule has 0 aromatic heterocycles. The van der Waals surface area contributed by atoms with Crippen molar-refractivity contribution in [3.8, 4) is 11.5 Å². The molecule has 5 heteroatoms. The van der Waals surface area contributed by atoms with Crippen molar-refractivity contribution >= 4 is 0 Å². The molecule has 0 saturated carbocycles. The van der Waals surface area contributed by atoms with Gasteiger partial charge in [0.2, 0.25) is 0 Å². The molecule has 1 saturated heterocycles. The van der Waals surface area contributed by atoms with Gasteiger partial charge in [-0.1, -0.05) is 0 Å². The van der Waals surface area contributed by atoms with E-state index in [2.05, 4.69) is 0 Å². The molecule has 4 nitrogen and oxygen atoms in total. The number of hydrogen-bond acceptors (Lipinski definition) is 4. The molecule has 1 aromatic carbocycles. The smallest absolute Gasteiger partial charge is 0.122 e. The number of likely N-dealkylation sites (tertiary alicyclic amines) is 1. The lowest BCUT2D eigenvalue weighted by Crippen LogP contribution is -2.31. The number of aliphatic hydroxyl groups excluding tert-OH is 1. The molecule has 1 aliphatic heterocycles. The van der Waals surface area contributed by atoms with Crippen LogP contribution in [-0.4, -0.2) is 49.6 Å². The summed E-state index contributed by atoms with van der Waals surface area (Å²) in [5.74, 6) is 1.43. The molecule has 0 unspecified atom stereocenters. The minimum Gasteiger partial charge on any atom is -0.497 e. The predicted octanol–water partition coefficient (Wildman–Crippen LogP) is 1.61. The fraction of sp³-hybridized carbons (Fsp3) is 0.571. The summed E-state index contributed by atoms with van der Waals surface area (Å²) in [5.41, 5.74) is 0.990. The molecular formula is C14H20FNO3. The van der Waals surface area contributed by atoms with Gasteiger partial charge in [0.05, 0.1) is 20.8 Å². The SMILES string of the molecule is COc1cc(CN2C[C@@H](F)C[C@H]2CO)cc(OC)c1. The zero-order chi connectivity index (χ0) is 13.8. The average Bonchev–Trinajstić information content (AvgIpc) is 2.78. The highest BCUT2D eigenvalue weighted by molar-refractivity contribution is 5.38. The Balaban J connectivity index is 2.13. The predicted molar refractivity (Wildman–Crippen MR) is 70.3 cm³/mol. The summed E-state index contributed by atoms with van der Waals surface area (Å²) in [7, 11) is 3.20. The van der Waals surface area contributed by atoms with E-state index in [0.717, 1.165) is 5.56 Å². The highest BCUT2D eigenvalue weighted by Crippen LogP contribution is 2.27. The van der Waals surface area contributed by atoms with E-state index in [-0.39, 0.29) is 12.6 Å². The van der Waals surface area contributed by atoms with E-state index in [4.69, 9.17) is 9.47 Å². The van der Waals surface area contributed by atoms with Crippen LogP contribution in [0, 0.1) is 0 Å². The fourth-order valence-corrected chi connectivity index (χ4v) is 2.50. The third-order valence-corrected chi connectivity index (χ3v) is 3.48. The molecule has 0 radical (unpaired) electrons. The van der Waals surface area contributed by atoms with Crippen LogP contribution < -0.4 is 9.47 Å². The number of methoxy groups -OCH3 is 2. The van der Waals surface area contributed by atoms with Crippen molar-refractivity contribution in [2.24, 2.45) is 0 Å². The summed E-state index contributed by atoms with van der Waals surface area (Å²) < 4.78 is 23.8. The quantitative estimate of drug-likeness (QED) is 0.882. The maximum Gasteiger partial charge on any atom is 0.122 e. The first-order valence-corrected chi connectivity index (χ1v) is 6.37. The molecule has 2 rings (SSSR count). The standard InChI is InChI=1S/C14H20FNO3/c1-18-13-3-10(4-14(6-13)19-2)7-16-8-11(15)5-12(16)9-17/h3-4,6,11-12,17H,5,7-9H2,1-2H3/t11-,12-/m0/s1. The molecule has 0 bridgehead atoms. The maximum absolute atomic E-state index is 13.4. The van der Waals surface area contributed by atoms with Gasteiger partial charge in [0.15, 0.2) is 0 Å². The van der Waals surface area contributed by atoms with Crippen molar-refractivity contribution in [3.05, 3.63) is 23.8 Å². The monoisotopic (exact) mass is 269 g/mol. The molecule has 1 aromatic rings. The maximum atomic E-state index is 13.4. The Kier molecular flexibility index (Phi) is 4.61. The fourth-order valence-electron chi connectivity index (χ4n) is 2.50. The number of nitrogens with zero attached hydrogens (tertiary/aromatic N) is 1. The topological polar surface area (TPSA) is 41.9 Å². The normalized spacial score (nSPS) is 23.6. The number of halogens is 1. The van der Waals surface area contributed by atoms with Crippen LogP contribution in [0.1, 0.15) is 12.0 Å². The van der Waals surface area contributed by atoms with Crippen LogP contribution >= 0.6 is 0 Å². The summed E-state index contributed by atoms with van der Waals surface area (Å²) in [6.45, 7) is 0.936. The molecule has 0 spiro atoms. The van der Waals surface area contributed by atoms with Crippen molar-refractivity contribution in [3.63, 3.8) is 0 Å². The second kappa shape index (κ2) is 6.21. The Hall–Kier alpha value is -1.33. The van der Waals surface area contributed by atoms with Gasteiger partial charge in [0.1, 0.15) is 17.7 Å². The van der Waals surface area contributed by atoms with Crippen LogP contribution in [0.2, 0.25) is 0 Å². The van der Waals surface area contributed by atoms with Gasteiger partial charge < -0.3 is 14.6 Å². The number of ether oxygens (including phenoxy) is 2. The van der Waals surface area contributed by atoms with E-state index < -0.39 is 6.17 Å². The van der Waals surface area contributed by atoms with Gasteiger partial charge in [-0.3, -0.25) is 4.90 Å². The van der Waals surface area contributed by atoms with Crippen LogP contribution in [0.4, 0.5) is 4.39 Å². The van der Waals surface area contributed by atoms with Gasteiger partial charge >= 0.3 is 0 Å². The highest BCUT2D eigenvalue weighted by Gasteiger charge is 2.31. The van der Waals surface area contributed by atoms with Crippen LogP contribution in [0.5, 0.6) is 11.5 Å². The second-order valence-corrected chi connectivity index (χ2v) is 4.82. The Bertz CT molecular complexity index is 405. The summed E-state index contributed by atoms with van der Waals surface area (Å²) in [6, 6.07) is 5.51. The second-order valence-electron chi connectivity index (χ2n) is 4.82. The van der Waals surface area contributed by atoms with Crippen molar-refractivity contribution in [1.82, 2.24) is 4.90 Å². The summed E-state index contributed by atoms with van der Waals surface area (Å²) >= 11 is 0. The molecule has 106 valence electrons. The molecule has 1 fully saturated rings. The van der Waals surface area contributed by atoms with Gasteiger partial charge in [-0.05, 0) is 24.1 Å². The van der Waals surface area contributed by atoms with Gasteiger partial charge in [-0.2, -0.15) is 0 Å². The third-order valence-electron chi connectivity index (χ3n) is 3.48. The molecule has 0 amide bonds. The van der Waals surface area contributed by atoms with Crippen LogP contribution in [-0.2, 0) is 6.54 Å². The first kappa shape index (κ1) is 14.1. The van der Waals surface area contributed by atoms with E-state index in [1.54, 1.807) is 20.3 Å². The molecular weight excluding hydrogens is 249 g/mol. The van der Waals surface area contributed by atoms with Gasteiger partial charge in [0.25, 0.3) is 0 Å². The first-order valence-electron chi connectivity index (χ1n) is 6.37. The Labute approximate surface area is 112 Å². The average molecular weight is 269 g/mol. The first-order chi connectivity index (χ1) is 9.16. The van der Waals surface area contributed by atoms with Crippen LogP contribution in [0.25, 0.3) is 0 Å². The summed E-state index contributed by atoms with van der Waals surface area (Å²) in [6.07, 6.45) is -0.456. The van der Waals surface area contributed by atoms with Crippen molar-refractivity contribution < 1.29 is 19.0 Å². The van der Waals surface area contributed by atoms with Gasteiger partial charge in [-0.15, -0.1) is 0 Å². The molecule has 2 atom stereocenters. The minimum atomic E-state index is -0.857. The molecule has 1 N–H and O–H groups in total. The van der Waals surface area contributed by atoms with E-state index in [0.29, 0.717) is 31.0 Å². The Morgan fingerprint density at radius 3 is 2.42 bits per heavy atom. The van der Waals surface area contributed by atoms with Crippen LogP contribution in [0.15, 0.2) is 18.2 Å². The largest absolute Gasteiger partial charge is 0.497 e. The lowest BCUT2D eigenvalue weighted by atomic mass is 10.1. The zero-order valence-electron chi connectivity index (χ0n) is 11.3. The van der Waals surface area contributed by atoms with E-state index in [1.165, 1.54) is 0 Å². The lowest BCUT2D eigenvalue weighted by molar-refractivity contribution is 0.153. The van der Waals surface area contributed by atoms with Crippen molar-refractivity contribution in [2.75, 3.05) is 27.4 Å². The van der Waals surface area contributed by atoms with Gasteiger partial charge in [-0.25, -0.2) is 4.39 Å². The van der Waals surface area contributed by atoms with E-state index in [1.807, 2.05) is 17.0 Å². The molecule has 1 heterocycles. The number of alkyl halides is 1. The number of hydrogen-bond donors (Lipinski definition) is 1. The lowest BCUT2D eigenvalue weighted by Gasteiger charge is -2.22. The summed E-state index contributed by atoms with van der Waals surface area (Å²) in [5, 5.41) is 9.28. The molecule has 19 heavy (non-hydrogen) atoms. The van der Waals surface area contributed by atoms with Crippen molar-refractivity contribution in [1.29, 1.82) is 0 Å². The molecule has 1 aliphatic rings. The van der Waals surface area contributed by atoms with Crippen molar-refractivity contribution in [2.45, 2.75) is 25.2 Å². The zero-order valence-corrected chi connectivity index (χ0v) is 11.3. The van der Waals surface area contributed by atoms with E-state index >= 15 is 0 Å². The van der Waals surface area contributed by atoms with Gasteiger partial charge in [0, 0.05) is 25.2 Å². The number of aliphatic hydroxyl groups is 1. The number of rotatable bonds is 5. The number of benzene rings is 1. The summed E-state index contributed by atoms with van der Waals surface area (Å²) in [4.78, 5) is 1.96. The minimum absolute atomic E-state index is 0.0124. The van der Waals surface area contributed by atoms with E-state index in [9.17, 15) is 9.50 Å². The molecule has 0 aliphatic carbocycles. The Morgan fingerprint density at radius 2 is 1.89 bits per heavy atom.